The van der Waals surface area contributed by atoms with Gasteiger partial charge in [-0.25, -0.2) is 0 Å². The molecule has 21 saturated heterocycles. The molecule has 0 aliphatic carbocycles. The Hall–Kier alpha value is -1.19. The van der Waals surface area contributed by atoms with Crippen molar-refractivity contribution in [2.45, 2.75) is 215 Å². The lowest BCUT2D eigenvalue weighted by molar-refractivity contribution is -0.396. The summed E-state index contributed by atoms with van der Waals surface area (Å²) in [7, 11) is 0. The molecule has 0 aromatic rings. The molecular formula is C47H79NO35S2. The van der Waals surface area contributed by atoms with Gasteiger partial charge in [-0.05, 0) is 6.26 Å². The number of aliphatic hydroxyl groups is 20. The number of hydrogen-bond acceptors (Lipinski definition) is 37. The summed E-state index contributed by atoms with van der Waals surface area (Å²) in [6.07, 6.45) is -68.2. The molecule has 21 aliphatic rings. The van der Waals surface area contributed by atoms with Gasteiger partial charge in [0.25, 0.3) is 0 Å². The zero-order chi connectivity index (χ0) is 61.9. The standard InChI is InChI=1S/C47H79NO35S2/c1-84-3-2-48-19(55)11-85-10-18-40-26(62)33(69)47(76-18)82-39-17(9-54)74-45(31(67)24(39)60)80-37-15(7-52)72-43(29(65)22(37)58)78-35-13(5-50)70-41(27(63)20(35)56)77-34-12(4-49)71-42(28(64)21(34)57)79-36-14(6-51)73-44(30(66)23(36)59)81-38-16(8-53)75-46(83-40)32(68)25(38)61/h12-18,20-47,49-54,56-69H,2-11H2,1H3,(H,48,55)/t12-,13-,14-,15-,16-,17-,18-,20-,21-,22-,23-,24-,25-,26-,27-,28-,29-,30-,31-,32-,33-,34-,35-,36-,37-,38-,39-,40-,41-,42-,43-,44-,45-,46-,47-/m1/s1. The molecule has 35 atom stereocenters. The predicted octanol–water partition coefficient (Wildman–Crippen LogP) is -14.0. The van der Waals surface area contributed by atoms with Crippen LogP contribution in [0.4, 0.5) is 0 Å². The monoisotopic (exact) mass is 1280 g/mol. The lowest BCUT2D eigenvalue weighted by Gasteiger charge is -2.50. The van der Waals surface area contributed by atoms with Crippen molar-refractivity contribution in [2.75, 3.05) is 69.7 Å². The van der Waals surface area contributed by atoms with Gasteiger partial charge in [0, 0.05) is 18.1 Å². The summed E-state index contributed by atoms with van der Waals surface area (Å²) in [6, 6.07) is 0. The van der Waals surface area contributed by atoms with Crippen LogP contribution in [0.3, 0.4) is 0 Å². The van der Waals surface area contributed by atoms with Gasteiger partial charge in [0.2, 0.25) is 5.91 Å². The fraction of sp³-hybridized carbons (Fsp3) is 0.979. The van der Waals surface area contributed by atoms with Crippen molar-refractivity contribution in [3.05, 3.63) is 0 Å². The Morgan fingerprint density at radius 1 is 0.318 bits per heavy atom. The summed E-state index contributed by atoms with van der Waals surface area (Å²) in [4.78, 5) is 12.7. The van der Waals surface area contributed by atoms with E-state index in [0.717, 1.165) is 11.8 Å². The molecule has 21 heterocycles. The Morgan fingerprint density at radius 2 is 0.518 bits per heavy atom. The number of rotatable bonds is 13. The molecule has 38 heteroatoms. The van der Waals surface area contributed by atoms with Gasteiger partial charge in [-0.1, -0.05) is 0 Å². The van der Waals surface area contributed by atoms with Crippen LogP contribution < -0.4 is 5.32 Å². The van der Waals surface area contributed by atoms with E-state index in [1.165, 1.54) is 11.8 Å². The Morgan fingerprint density at radius 3 is 0.718 bits per heavy atom. The minimum atomic E-state index is -2.22. The molecule has 14 bridgehead atoms. The minimum Gasteiger partial charge on any atom is -0.394 e. The molecule has 21 fully saturated rings. The average molecular weight is 1280 g/mol. The predicted molar refractivity (Wildman–Crippen MR) is 270 cm³/mol. The Labute approximate surface area is 491 Å². The molecule has 0 saturated carbocycles. The first-order valence-electron chi connectivity index (χ1n) is 27.2. The number of carbonyl (C=O) groups is 1. The van der Waals surface area contributed by atoms with E-state index in [2.05, 4.69) is 5.32 Å². The molecule has 36 nitrogen and oxygen atoms in total. The average Bonchev–Trinajstić information content (AvgIpc) is 2.74. The van der Waals surface area contributed by atoms with Gasteiger partial charge in [0.15, 0.2) is 44.0 Å². The molecule has 21 aliphatic heterocycles. The zero-order valence-electron chi connectivity index (χ0n) is 45.2. The van der Waals surface area contributed by atoms with E-state index in [-0.39, 0.29) is 11.5 Å². The lowest BCUT2D eigenvalue weighted by atomic mass is 9.95. The molecule has 0 radical (unpaired) electrons. The number of aliphatic hydroxyl groups excluding tert-OH is 20. The molecule has 0 spiro atoms. The van der Waals surface area contributed by atoms with E-state index < -0.39 is 260 Å². The van der Waals surface area contributed by atoms with Crippen molar-refractivity contribution in [1.82, 2.24) is 5.32 Å². The third kappa shape index (κ3) is 15.0. The van der Waals surface area contributed by atoms with Crippen LogP contribution in [0.5, 0.6) is 0 Å². The summed E-state index contributed by atoms with van der Waals surface area (Å²) < 4.78 is 81.1. The zero-order valence-corrected chi connectivity index (χ0v) is 46.8. The maximum absolute atomic E-state index is 12.7. The largest absolute Gasteiger partial charge is 0.394 e. The smallest absolute Gasteiger partial charge is 0.230 e. The van der Waals surface area contributed by atoms with Gasteiger partial charge in [-0.3, -0.25) is 4.79 Å². The molecule has 1 amide bonds. The minimum absolute atomic E-state index is 0.212. The molecule has 85 heavy (non-hydrogen) atoms. The molecule has 0 unspecified atom stereocenters. The molecular weight excluding hydrogens is 1200 g/mol. The summed E-state index contributed by atoms with van der Waals surface area (Å²) in [6.45, 7) is -5.98. The highest BCUT2D eigenvalue weighted by molar-refractivity contribution is 8.00. The SMILES string of the molecule is CSCCNC(=O)CSC[C@H]1O[C@@H]2O[C@H]3[C@H](O)[C@@H](O)[C@@H](O[C@H]4[C@H](O)[C@@H](O)[C@@H](O[C@H]5[C@H](O)[C@@H](O)[C@@H](O[C@H]6[C@H](O)[C@@H](O)[C@@H](O[C@H]7[C@H](O)[C@@H](O)[C@@H](O[C@H]8[C@H](O)[C@@H](O)[C@@H](O[C@H]1[C@H](O)[C@H]2O)O[C@@H]8CO)O[C@@H]7CO)O[C@@H]6CO)O[C@@H]5CO)O[C@@H]4CO)O[C@@H]3CO. The molecule has 0 aromatic heterocycles. The highest BCUT2D eigenvalue weighted by Crippen LogP contribution is 2.39. The summed E-state index contributed by atoms with van der Waals surface area (Å²) in [5.41, 5.74) is 0. The maximum atomic E-state index is 12.7. The number of nitrogens with one attached hydrogen (secondary N) is 1. The van der Waals surface area contributed by atoms with E-state index >= 15 is 0 Å². The fourth-order valence-corrected chi connectivity index (χ4v) is 12.2. The van der Waals surface area contributed by atoms with Crippen molar-refractivity contribution in [3.63, 3.8) is 0 Å². The van der Waals surface area contributed by atoms with Gasteiger partial charge in [0.05, 0.1) is 51.5 Å². The summed E-state index contributed by atoms with van der Waals surface area (Å²) >= 11 is 2.39. The first-order chi connectivity index (χ1) is 40.5. The number of carbonyl (C=O) groups excluding carboxylic acids is 1. The van der Waals surface area contributed by atoms with Crippen LogP contribution in [0, 0.1) is 0 Å². The van der Waals surface area contributed by atoms with Crippen LogP contribution in [-0.4, -0.2) is 393 Å². The van der Waals surface area contributed by atoms with Gasteiger partial charge in [-0.2, -0.15) is 11.8 Å². The number of hydrogen-bond donors (Lipinski definition) is 21. The fourth-order valence-electron chi connectivity index (χ4n) is 11.0. The second-order valence-electron chi connectivity index (χ2n) is 21.3. The Kier molecular flexibility index (Phi) is 25.4. The van der Waals surface area contributed by atoms with Gasteiger partial charge >= 0.3 is 0 Å². The Balaban J connectivity index is 1.09. The molecule has 0 aromatic carbocycles. The number of amides is 1. The second kappa shape index (κ2) is 31.0. The van der Waals surface area contributed by atoms with Crippen LogP contribution in [0.25, 0.3) is 0 Å². The normalized spacial score (nSPS) is 51.2. The van der Waals surface area contributed by atoms with E-state index in [0.29, 0.717) is 12.3 Å². The van der Waals surface area contributed by atoms with E-state index in [1.807, 2.05) is 6.26 Å². The highest BCUT2D eigenvalue weighted by Gasteiger charge is 2.59. The van der Waals surface area contributed by atoms with Crippen LogP contribution >= 0.6 is 23.5 Å². The molecule has 494 valence electrons. The van der Waals surface area contributed by atoms with Gasteiger partial charge < -0.3 is 174 Å². The van der Waals surface area contributed by atoms with Crippen LogP contribution in [0.15, 0.2) is 0 Å². The van der Waals surface area contributed by atoms with Crippen molar-refractivity contribution in [1.29, 1.82) is 0 Å². The van der Waals surface area contributed by atoms with Crippen molar-refractivity contribution < 1.29 is 173 Å². The van der Waals surface area contributed by atoms with E-state index in [9.17, 15) is 107 Å². The van der Waals surface area contributed by atoms with Gasteiger partial charge in [0.1, 0.15) is 165 Å². The van der Waals surface area contributed by atoms with Gasteiger partial charge in [-0.15, -0.1) is 11.8 Å². The second-order valence-corrected chi connectivity index (χ2v) is 23.3. The van der Waals surface area contributed by atoms with Crippen LogP contribution in [-0.2, 0) is 71.1 Å². The molecule has 21 N–H and O–H groups in total. The van der Waals surface area contributed by atoms with Crippen molar-refractivity contribution in [3.8, 4) is 0 Å². The first kappa shape index (κ1) is 69.7. The quantitative estimate of drug-likeness (QED) is 0.0762. The third-order valence-corrected chi connectivity index (χ3v) is 17.4. The third-order valence-electron chi connectivity index (χ3n) is 15.7. The van der Waals surface area contributed by atoms with Crippen LogP contribution in [0.2, 0.25) is 0 Å². The Bertz CT molecular complexity index is 2040. The maximum Gasteiger partial charge on any atom is 0.230 e. The first-order valence-corrected chi connectivity index (χ1v) is 29.8. The summed E-state index contributed by atoms with van der Waals surface area (Å²) in [5, 5.41) is 226. The number of ether oxygens (including phenoxy) is 14. The lowest BCUT2D eigenvalue weighted by Crippen LogP contribution is -2.68. The van der Waals surface area contributed by atoms with E-state index in [1.54, 1.807) is 0 Å². The highest BCUT2D eigenvalue weighted by atomic mass is 32.2. The van der Waals surface area contributed by atoms with Crippen molar-refractivity contribution >= 4 is 29.4 Å². The topological polar surface area (TPSA) is 563 Å². The summed E-state index contributed by atoms with van der Waals surface area (Å²) in [5.74, 6) is -0.341. The van der Waals surface area contributed by atoms with Crippen LogP contribution in [0.1, 0.15) is 0 Å². The van der Waals surface area contributed by atoms with Crippen molar-refractivity contribution in [2.24, 2.45) is 0 Å². The number of thioether (sulfide) groups is 2. The molecule has 21 rings (SSSR count). The van der Waals surface area contributed by atoms with E-state index in [4.69, 9.17) is 66.3 Å².